The molecule has 0 fully saturated rings. The van der Waals surface area contributed by atoms with Crippen molar-refractivity contribution >= 4 is 38.9 Å². The van der Waals surface area contributed by atoms with Gasteiger partial charge in [-0.15, -0.1) is 0 Å². The second-order valence-electron chi connectivity index (χ2n) is 19.2. The van der Waals surface area contributed by atoms with Gasteiger partial charge in [0.2, 0.25) is 0 Å². The average molecular weight is 840 g/mol. The summed E-state index contributed by atoms with van der Waals surface area (Å²) in [5.41, 5.74) is 12.5. The molecule has 0 radical (unpaired) electrons. The second-order valence-corrected chi connectivity index (χ2v) is 19.2. The molecule has 1 aliphatic rings. The van der Waals surface area contributed by atoms with Gasteiger partial charge in [0, 0.05) is 53.0 Å². The lowest BCUT2D eigenvalue weighted by molar-refractivity contribution is 0.480. The summed E-state index contributed by atoms with van der Waals surface area (Å²) < 4.78 is 9.59. The number of aromatic nitrogens is 5. The first-order chi connectivity index (χ1) is 30.7. The van der Waals surface area contributed by atoms with Gasteiger partial charge >= 0.3 is 0 Å². The molecule has 9 aromatic rings. The predicted octanol–water partition coefficient (Wildman–Crippen LogP) is 13.9. The van der Waals surface area contributed by atoms with Crippen LogP contribution in [0.15, 0.2) is 146 Å². The molecule has 0 atom stereocenters. The van der Waals surface area contributed by atoms with Crippen LogP contribution in [0.2, 0.25) is 0 Å². The highest BCUT2D eigenvalue weighted by molar-refractivity contribution is 6.11. The second kappa shape index (κ2) is 15.5. The molecule has 0 amide bonds. The molecule has 0 bridgehead atoms. The van der Waals surface area contributed by atoms with Crippen molar-refractivity contribution in [2.75, 3.05) is 23.5 Å². The number of aryl methyl sites for hydroxylation is 2. The van der Waals surface area contributed by atoms with Gasteiger partial charge in [-0.2, -0.15) is 0 Å². The van der Waals surface area contributed by atoms with E-state index in [2.05, 4.69) is 216 Å². The molecule has 0 aliphatic carbocycles. The van der Waals surface area contributed by atoms with E-state index >= 15 is 0 Å². The molecule has 8 heteroatoms. The minimum atomic E-state index is -0.164. The van der Waals surface area contributed by atoms with E-state index in [1.54, 1.807) is 0 Å². The quantitative estimate of drug-likeness (QED) is 0.158. The highest BCUT2D eigenvalue weighted by Crippen LogP contribution is 2.45. The standard InChI is InChI=1S/C56H53N7O/c1-35-18-22-37(23-19-35)52-58-53(38-24-20-36(2)21-25-38)60-54(59-52)45-32-44-43-14-10-11-15-46(43)63(51-30-39(26-27-57-51)55(3,4)5)49(44)33-50(45)64-42-29-40(56(6,7)8)28-41(31-42)62-34-61(9)47-16-12-13-17-48(47)62/h10-33H,34H2,1-9H3. The third-order valence-electron chi connectivity index (χ3n) is 12.3. The van der Waals surface area contributed by atoms with E-state index in [0.29, 0.717) is 23.2 Å². The van der Waals surface area contributed by atoms with Crippen LogP contribution in [0.25, 0.3) is 61.8 Å². The largest absolute Gasteiger partial charge is 0.456 e. The first kappa shape index (κ1) is 40.7. The highest BCUT2D eigenvalue weighted by atomic mass is 16.5. The highest BCUT2D eigenvalue weighted by Gasteiger charge is 2.28. The number of fused-ring (bicyclic) bond motifs is 4. The van der Waals surface area contributed by atoms with Crippen molar-refractivity contribution in [2.45, 2.75) is 66.2 Å². The monoisotopic (exact) mass is 839 g/mol. The topological polar surface area (TPSA) is 72.2 Å². The van der Waals surface area contributed by atoms with Crippen molar-refractivity contribution in [2.24, 2.45) is 0 Å². The van der Waals surface area contributed by atoms with Gasteiger partial charge in [-0.3, -0.25) is 4.57 Å². The van der Waals surface area contributed by atoms with Crippen LogP contribution in [0.5, 0.6) is 11.5 Å². The molecule has 6 aromatic carbocycles. The van der Waals surface area contributed by atoms with E-state index in [0.717, 1.165) is 84.8 Å². The molecule has 0 saturated carbocycles. The van der Waals surface area contributed by atoms with Crippen molar-refractivity contribution < 1.29 is 4.74 Å². The minimum Gasteiger partial charge on any atom is -0.456 e. The molecular weight excluding hydrogens is 787 g/mol. The number of ether oxygens (including phenoxy) is 1. The number of hydrogen-bond acceptors (Lipinski definition) is 7. The normalized spacial score (nSPS) is 13.0. The summed E-state index contributed by atoms with van der Waals surface area (Å²) in [6, 6.07) is 49.1. The van der Waals surface area contributed by atoms with Crippen LogP contribution < -0.4 is 14.5 Å². The van der Waals surface area contributed by atoms with E-state index in [-0.39, 0.29) is 10.8 Å². The van der Waals surface area contributed by atoms with Crippen LogP contribution in [0.4, 0.5) is 17.1 Å². The van der Waals surface area contributed by atoms with Crippen molar-refractivity contribution in [3.63, 3.8) is 0 Å². The van der Waals surface area contributed by atoms with Gasteiger partial charge < -0.3 is 14.5 Å². The summed E-state index contributed by atoms with van der Waals surface area (Å²) in [6.45, 7) is 18.4. The molecule has 3 aromatic heterocycles. The zero-order chi connectivity index (χ0) is 44.5. The Hall–Kier alpha value is -7.32. The number of hydrogen-bond donors (Lipinski definition) is 0. The molecule has 0 N–H and O–H groups in total. The Kier molecular flexibility index (Phi) is 9.86. The molecule has 0 spiro atoms. The molecule has 1 aliphatic heterocycles. The first-order valence-corrected chi connectivity index (χ1v) is 22.0. The van der Waals surface area contributed by atoms with Crippen molar-refractivity contribution in [1.29, 1.82) is 0 Å². The number of benzene rings is 6. The Bertz CT molecular complexity index is 3160. The number of pyridine rings is 1. The van der Waals surface area contributed by atoms with Crippen molar-refractivity contribution in [3.05, 3.63) is 168 Å². The smallest absolute Gasteiger partial charge is 0.167 e. The van der Waals surface area contributed by atoms with Gasteiger partial charge in [0.15, 0.2) is 17.5 Å². The number of para-hydroxylation sites is 3. The summed E-state index contributed by atoms with van der Waals surface area (Å²) in [5.74, 6) is 3.88. The number of anilines is 3. The number of rotatable bonds is 7. The van der Waals surface area contributed by atoms with Gasteiger partial charge in [-0.25, -0.2) is 19.9 Å². The molecule has 318 valence electrons. The molecular formula is C56H53N7O. The summed E-state index contributed by atoms with van der Waals surface area (Å²) in [6.07, 6.45) is 1.92. The van der Waals surface area contributed by atoms with Gasteiger partial charge in [0.05, 0.1) is 34.6 Å². The van der Waals surface area contributed by atoms with E-state index in [1.165, 1.54) is 11.3 Å². The summed E-state index contributed by atoms with van der Waals surface area (Å²) >= 11 is 0. The van der Waals surface area contributed by atoms with Crippen molar-refractivity contribution in [3.8, 4) is 51.5 Å². The van der Waals surface area contributed by atoms with E-state index in [4.69, 9.17) is 24.7 Å². The summed E-state index contributed by atoms with van der Waals surface area (Å²) in [5, 5.41) is 2.13. The Morgan fingerprint density at radius 2 is 1.16 bits per heavy atom. The Balaban J connectivity index is 1.24. The fraction of sp³-hybridized carbons (Fsp3) is 0.214. The van der Waals surface area contributed by atoms with Crippen LogP contribution >= 0.6 is 0 Å². The van der Waals surface area contributed by atoms with Crippen LogP contribution in [0, 0.1) is 13.8 Å². The zero-order valence-corrected chi connectivity index (χ0v) is 38.1. The summed E-state index contributed by atoms with van der Waals surface area (Å²) in [7, 11) is 2.14. The third kappa shape index (κ3) is 7.53. The van der Waals surface area contributed by atoms with E-state index < -0.39 is 0 Å². The van der Waals surface area contributed by atoms with Crippen molar-refractivity contribution in [1.82, 2.24) is 24.5 Å². The van der Waals surface area contributed by atoms with Gasteiger partial charge in [0.25, 0.3) is 0 Å². The minimum absolute atomic E-state index is 0.0681. The lowest BCUT2D eigenvalue weighted by Gasteiger charge is -2.26. The Morgan fingerprint density at radius 3 is 1.81 bits per heavy atom. The zero-order valence-electron chi connectivity index (χ0n) is 38.1. The fourth-order valence-corrected chi connectivity index (χ4v) is 8.63. The molecule has 8 nitrogen and oxygen atoms in total. The average Bonchev–Trinajstić information content (AvgIpc) is 3.79. The molecule has 10 rings (SSSR count). The molecule has 0 saturated heterocycles. The van der Waals surface area contributed by atoms with Crippen LogP contribution in [-0.2, 0) is 10.8 Å². The first-order valence-electron chi connectivity index (χ1n) is 22.0. The Morgan fingerprint density at radius 1 is 0.547 bits per heavy atom. The van der Waals surface area contributed by atoms with Crippen LogP contribution in [0.1, 0.15) is 63.8 Å². The molecule has 4 heterocycles. The summed E-state index contributed by atoms with van der Waals surface area (Å²) in [4.78, 5) is 25.3. The maximum Gasteiger partial charge on any atom is 0.167 e. The lowest BCUT2D eigenvalue weighted by atomic mass is 9.86. The van der Waals surface area contributed by atoms with E-state index in [9.17, 15) is 0 Å². The lowest BCUT2D eigenvalue weighted by Crippen LogP contribution is -2.24. The van der Waals surface area contributed by atoms with Crippen LogP contribution in [0.3, 0.4) is 0 Å². The predicted molar refractivity (Wildman–Crippen MR) is 264 cm³/mol. The maximum absolute atomic E-state index is 7.34. The maximum atomic E-state index is 7.34. The Labute approximate surface area is 375 Å². The van der Waals surface area contributed by atoms with Gasteiger partial charge in [0.1, 0.15) is 17.3 Å². The van der Waals surface area contributed by atoms with E-state index in [1.807, 2.05) is 6.20 Å². The fourth-order valence-electron chi connectivity index (χ4n) is 8.63. The molecule has 64 heavy (non-hydrogen) atoms. The molecule has 0 unspecified atom stereocenters. The van der Waals surface area contributed by atoms with Crippen LogP contribution in [-0.4, -0.2) is 38.2 Å². The number of nitrogens with zero attached hydrogens (tertiary/aromatic N) is 7. The SMILES string of the molecule is Cc1ccc(-c2nc(-c3ccc(C)cc3)nc(-c3cc4c5ccccc5n(-c5cc(C(C)(C)C)ccn5)c4cc3Oc3cc(N4CN(C)c5ccccc54)cc(C(C)(C)C)c3)n2)cc1. The van der Waals surface area contributed by atoms with Gasteiger partial charge in [-0.05, 0) is 84.3 Å². The third-order valence-corrected chi connectivity index (χ3v) is 12.3. The van der Waals surface area contributed by atoms with Gasteiger partial charge in [-0.1, -0.05) is 132 Å².